The summed E-state index contributed by atoms with van der Waals surface area (Å²) >= 11 is 15.1. The highest BCUT2D eigenvalue weighted by molar-refractivity contribution is 9.10. The third kappa shape index (κ3) is 2.15. The quantitative estimate of drug-likeness (QED) is 0.697. The summed E-state index contributed by atoms with van der Waals surface area (Å²) in [5, 5.41) is 0.725. The monoisotopic (exact) mass is 266 g/mol. The molecule has 0 N–H and O–H groups in total. The minimum absolute atomic E-state index is 0.524. The lowest BCUT2D eigenvalue weighted by Gasteiger charge is -2.06. The molecule has 1 aromatic rings. The smallest absolute Gasteiger partial charge is 0.0551 e. The molecule has 0 aliphatic rings. The van der Waals surface area contributed by atoms with Gasteiger partial charge in [-0.05, 0) is 45.6 Å². The summed E-state index contributed by atoms with van der Waals surface area (Å²) in [7, 11) is 0. The average molecular weight is 268 g/mol. The van der Waals surface area contributed by atoms with E-state index in [9.17, 15) is 0 Å². The molecule has 0 saturated carbocycles. The number of rotatable bonds is 2. The maximum Gasteiger partial charge on any atom is 0.0551 e. The van der Waals surface area contributed by atoms with Gasteiger partial charge in [-0.1, -0.05) is 18.5 Å². The van der Waals surface area contributed by atoms with Crippen LogP contribution in [0, 0.1) is 0 Å². The van der Waals surface area contributed by atoms with Gasteiger partial charge in [-0.15, -0.1) is 11.6 Å². The van der Waals surface area contributed by atoms with Crippen LogP contribution in [0.3, 0.4) is 0 Å². The Bertz CT molecular complexity index is 255. The molecule has 0 atom stereocenters. The van der Waals surface area contributed by atoms with Crippen LogP contribution >= 0.6 is 39.1 Å². The Labute approximate surface area is 91.0 Å². The molecular formula is C9H9BrCl2. The molecule has 0 amide bonds. The molecule has 0 saturated heterocycles. The highest BCUT2D eigenvalue weighted by Crippen LogP contribution is 2.27. The van der Waals surface area contributed by atoms with Crippen LogP contribution in [-0.4, -0.2) is 0 Å². The normalized spacial score (nSPS) is 10.3. The molecule has 0 aliphatic heterocycles. The van der Waals surface area contributed by atoms with E-state index in [4.69, 9.17) is 23.2 Å². The largest absolute Gasteiger partial charge is 0.122 e. The van der Waals surface area contributed by atoms with Crippen molar-refractivity contribution in [1.29, 1.82) is 0 Å². The van der Waals surface area contributed by atoms with Gasteiger partial charge in [0.2, 0.25) is 0 Å². The summed E-state index contributed by atoms with van der Waals surface area (Å²) in [4.78, 5) is 0. The lowest BCUT2D eigenvalue weighted by Crippen LogP contribution is -1.89. The summed E-state index contributed by atoms with van der Waals surface area (Å²) < 4.78 is 0.940. The summed E-state index contributed by atoms with van der Waals surface area (Å²) in [6, 6.07) is 3.94. The molecule has 0 aliphatic carbocycles. The highest BCUT2D eigenvalue weighted by Gasteiger charge is 2.04. The van der Waals surface area contributed by atoms with Crippen molar-refractivity contribution in [2.45, 2.75) is 19.2 Å². The van der Waals surface area contributed by atoms with E-state index in [0.717, 1.165) is 21.5 Å². The number of hydrogen-bond donors (Lipinski definition) is 0. The molecule has 0 unspecified atom stereocenters. The second-order valence-electron chi connectivity index (χ2n) is 2.52. The lowest BCUT2D eigenvalue weighted by atomic mass is 10.1. The van der Waals surface area contributed by atoms with Crippen LogP contribution < -0.4 is 0 Å². The van der Waals surface area contributed by atoms with E-state index < -0.39 is 0 Å². The fraction of sp³-hybridized carbons (Fsp3) is 0.333. The predicted octanol–water partition coefficient (Wildman–Crippen LogP) is 4.40. The second kappa shape index (κ2) is 4.50. The minimum Gasteiger partial charge on any atom is -0.122 e. The third-order valence-electron chi connectivity index (χ3n) is 1.77. The van der Waals surface area contributed by atoms with Gasteiger partial charge >= 0.3 is 0 Å². The van der Waals surface area contributed by atoms with Crippen LogP contribution in [0.2, 0.25) is 5.02 Å². The van der Waals surface area contributed by atoms with E-state index >= 15 is 0 Å². The van der Waals surface area contributed by atoms with Gasteiger partial charge in [-0.2, -0.15) is 0 Å². The number of hydrogen-bond acceptors (Lipinski definition) is 0. The first-order valence-electron chi connectivity index (χ1n) is 3.71. The van der Waals surface area contributed by atoms with Crippen LogP contribution in [0.1, 0.15) is 18.1 Å². The topological polar surface area (TPSA) is 0 Å². The average Bonchev–Trinajstić information content (AvgIpc) is 2.09. The zero-order valence-corrected chi connectivity index (χ0v) is 9.80. The van der Waals surface area contributed by atoms with Crippen molar-refractivity contribution in [1.82, 2.24) is 0 Å². The molecule has 0 spiro atoms. The van der Waals surface area contributed by atoms with Gasteiger partial charge in [-0.3, -0.25) is 0 Å². The van der Waals surface area contributed by atoms with Gasteiger partial charge < -0.3 is 0 Å². The zero-order valence-electron chi connectivity index (χ0n) is 6.70. The van der Waals surface area contributed by atoms with Crippen LogP contribution in [0.25, 0.3) is 0 Å². The molecular weight excluding hydrogens is 259 g/mol. The Morgan fingerprint density at radius 2 is 2.00 bits per heavy atom. The maximum atomic E-state index is 5.92. The van der Waals surface area contributed by atoms with Crippen molar-refractivity contribution in [3.8, 4) is 0 Å². The van der Waals surface area contributed by atoms with E-state index in [1.165, 1.54) is 5.56 Å². The Hall–Kier alpha value is 0.280. The second-order valence-corrected chi connectivity index (χ2v) is 4.05. The summed E-state index contributed by atoms with van der Waals surface area (Å²) in [6.45, 7) is 2.10. The van der Waals surface area contributed by atoms with E-state index in [1.54, 1.807) is 0 Å². The molecule has 0 aromatic heterocycles. The molecule has 66 valence electrons. The Balaban J connectivity index is 3.19. The molecule has 0 heterocycles. The Morgan fingerprint density at radius 3 is 2.50 bits per heavy atom. The molecule has 3 heteroatoms. The van der Waals surface area contributed by atoms with Gasteiger partial charge in [0.05, 0.1) is 5.02 Å². The van der Waals surface area contributed by atoms with E-state index in [0.29, 0.717) is 5.88 Å². The van der Waals surface area contributed by atoms with Crippen LogP contribution in [0.5, 0.6) is 0 Å². The predicted molar refractivity (Wildman–Crippen MR) is 58.1 cm³/mol. The number of halogens is 3. The summed E-state index contributed by atoms with van der Waals surface area (Å²) in [5.74, 6) is 0.524. The minimum atomic E-state index is 0.524. The number of alkyl halides is 1. The molecule has 0 nitrogen and oxygen atoms in total. The first kappa shape index (κ1) is 10.4. The van der Waals surface area contributed by atoms with Gasteiger partial charge in [0.15, 0.2) is 0 Å². The maximum absolute atomic E-state index is 5.92. The van der Waals surface area contributed by atoms with Crippen LogP contribution in [0.4, 0.5) is 0 Å². The molecule has 1 rings (SSSR count). The van der Waals surface area contributed by atoms with Crippen molar-refractivity contribution in [3.05, 3.63) is 32.8 Å². The van der Waals surface area contributed by atoms with E-state index in [-0.39, 0.29) is 0 Å². The number of benzene rings is 1. The van der Waals surface area contributed by atoms with E-state index in [2.05, 4.69) is 22.9 Å². The van der Waals surface area contributed by atoms with E-state index in [1.807, 2.05) is 12.1 Å². The number of aryl methyl sites for hydroxylation is 1. The van der Waals surface area contributed by atoms with Gasteiger partial charge in [0, 0.05) is 10.4 Å². The lowest BCUT2D eigenvalue weighted by molar-refractivity contribution is 1.10. The fourth-order valence-electron chi connectivity index (χ4n) is 1.08. The third-order valence-corrected chi connectivity index (χ3v) is 3.25. The molecule has 12 heavy (non-hydrogen) atoms. The van der Waals surface area contributed by atoms with Gasteiger partial charge in [0.1, 0.15) is 0 Å². The summed E-state index contributed by atoms with van der Waals surface area (Å²) in [6.07, 6.45) is 0.984. The van der Waals surface area contributed by atoms with Crippen molar-refractivity contribution < 1.29 is 0 Å². The van der Waals surface area contributed by atoms with Crippen molar-refractivity contribution in [2.75, 3.05) is 0 Å². The van der Waals surface area contributed by atoms with Crippen LogP contribution in [0.15, 0.2) is 16.6 Å². The van der Waals surface area contributed by atoms with Crippen molar-refractivity contribution in [2.24, 2.45) is 0 Å². The standard InChI is InChI=1S/C9H9BrCl2/c1-2-6-3-8(10)9(12)4-7(6)5-11/h3-4H,2,5H2,1H3. The fourth-order valence-corrected chi connectivity index (χ4v) is 1.91. The molecule has 0 bridgehead atoms. The zero-order chi connectivity index (χ0) is 9.14. The molecule has 0 radical (unpaired) electrons. The van der Waals surface area contributed by atoms with Crippen molar-refractivity contribution >= 4 is 39.1 Å². The van der Waals surface area contributed by atoms with Crippen LogP contribution in [-0.2, 0) is 12.3 Å². The molecule has 1 aromatic carbocycles. The first-order chi connectivity index (χ1) is 5.69. The Kier molecular flexibility index (Phi) is 3.88. The highest BCUT2D eigenvalue weighted by atomic mass is 79.9. The summed E-state index contributed by atoms with van der Waals surface area (Å²) in [5.41, 5.74) is 2.37. The molecule has 0 fully saturated rings. The van der Waals surface area contributed by atoms with Gasteiger partial charge in [0.25, 0.3) is 0 Å². The SMILES string of the molecule is CCc1cc(Br)c(Cl)cc1CCl. The first-order valence-corrected chi connectivity index (χ1v) is 5.42. The van der Waals surface area contributed by atoms with Gasteiger partial charge in [-0.25, -0.2) is 0 Å². The Morgan fingerprint density at radius 1 is 1.33 bits per heavy atom. The van der Waals surface area contributed by atoms with Crippen molar-refractivity contribution in [3.63, 3.8) is 0 Å².